The Morgan fingerprint density at radius 2 is 1.77 bits per heavy atom. The molecule has 0 aromatic heterocycles. The van der Waals surface area contributed by atoms with Gasteiger partial charge in [-0.1, -0.05) is 40.2 Å². The number of aliphatic hydroxyl groups excluding tert-OH is 3. The molecule has 1 aliphatic heterocycles. The third-order valence-corrected chi connectivity index (χ3v) is 5.27. The Labute approximate surface area is 159 Å². The van der Waals surface area contributed by atoms with Gasteiger partial charge in [-0.15, -0.1) is 0 Å². The number of alkyl halides is 1. The van der Waals surface area contributed by atoms with Crippen LogP contribution in [-0.2, 0) is 11.2 Å². The van der Waals surface area contributed by atoms with Crippen LogP contribution in [0.15, 0.2) is 46.9 Å². The minimum absolute atomic E-state index is 0.550. The lowest BCUT2D eigenvalue weighted by molar-refractivity contribution is -0.268. The average molecular weight is 427 g/mol. The van der Waals surface area contributed by atoms with E-state index in [1.165, 1.54) is 0 Å². The third kappa shape index (κ3) is 3.92. The molecule has 0 radical (unpaired) electrons. The average Bonchev–Trinajstić information content (AvgIpc) is 2.65. The number of halogens is 2. The Balaban J connectivity index is 1.85. The van der Waals surface area contributed by atoms with Crippen LogP contribution in [0, 0.1) is 0 Å². The number of ether oxygens (including phenoxy) is 2. The molecule has 26 heavy (non-hydrogen) atoms. The molecule has 1 fully saturated rings. The van der Waals surface area contributed by atoms with Gasteiger partial charge in [0.1, 0.15) is 24.1 Å². The van der Waals surface area contributed by atoms with Crippen molar-refractivity contribution in [2.24, 2.45) is 0 Å². The summed E-state index contributed by atoms with van der Waals surface area (Å²) in [7, 11) is 1.61. The maximum atomic E-state index is 13.6. The van der Waals surface area contributed by atoms with Gasteiger partial charge in [-0.3, -0.25) is 0 Å². The fourth-order valence-electron chi connectivity index (χ4n) is 2.99. The van der Waals surface area contributed by atoms with Crippen molar-refractivity contribution in [3.63, 3.8) is 0 Å². The molecule has 2 aromatic rings. The van der Waals surface area contributed by atoms with Crippen LogP contribution in [0.2, 0.25) is 0 Å². The summed E-state index contributed by atoms with van der Waals surface area (Å²) >= 11 is 3.50. The predicted molar refractivity (Wildman–Crippen MR) is 96.7 cm³/mol. The molecular weight excluding hydrogens is 407 g/mol. The first-order valence-electron chi connectivity index (χ1n) is 8.15. The van der Waals surface area contributed by atoms with Crippen LogP contribution in [0.25, 0.3) is 0 Å². The van der Waals surface area contributed by atoms with Gasteiger partial charge in [0.2, 0.25) is 0 Å². The van der Waals surface area contributed by atoms with Gasteiger partial charge < -0.3 is 24.8 Å². The molecule has 1 heterocycles. The first-order valence-corrected chi connectivity index (χ1v) is 8.95. The summed E-state index contributed by atoms with van der Waals surface area (Å²) in [5, 5.41) is 29.5. The molecule has 0 bridgehead atoms. The molecule has 1 unspecified atom stereocenters. The third-order valence-electron chi connectivity index (χ3n) is 4.50. The zero-order chi connectivity index (χ0) is 18.8. The van der Waals surface area contributed by atoms with Gasteiger partial charge in [-0.05, 0) is 41.3 Å². The van der Waals surface area contributed by atoms with Crippen molar-refractivity contribution in [3.05, 3.63) is 63.6 Å². The number of aliphatic hydroxyl groups is 3. The summed E-state index contributed by atoms with van der Waals surface area (Å²) in [5.74, 6) is 0.768. The monoisotopic (exact) mass is 426 g/mol. The van der Waals surface area contributed by atoms with Crippen LogP contribution >= 0.6 is 15.9 Å². The predicted octanol–water partition coefficient (Wildman–Crippen LogP) is 2.50. The molecule has 5 atom stereocenters. The summed E-state index contributed by atoms with van der Waals surface area (Å²) in [6.45, 7) is 0. The van der Waals surface area contributed by atoms with E-state index in [1.807, 2.05) is 24.3 Å². The van der Waals surface area contributed by atoms with Gasteiger partial charge in [0.15, 0.2) is 12.5 Å². The van der Waals surface area contributed by atoms with E-state index < -0.39 is 30.8 Å². The molecule has 3 rings (SSSR count). The lowest BCUT2D eigenvalue weighted by atomic mass is 9.92. The van der Waals surface area contributed by atoms with E-state index in [2.05, 4.69) is 15.9 Å². The van der Waals surface area contributed by atoms with Crippen molar-refractivity contribution in [2.75, 3.05) is 7.11 Å². The highest BCUT2D eigenvalue weighted by molar-refractivity contribution is 9.10. The maximum absolute atomic E-state index is 13.6. The molecule has 0 aliphatic carbocycles. The summed E-state index contributed by atoms with van der Waals surface area (Å²) in [6.07, 6.45) is -7.42. The van der Waals surface area contributed by atoms with E-state index in [0.717, 1.165) is 21.3 Å². The quantitative estimate of drug-likeness (QED) is 0.699. The number of hydrogen-bond donors (Lipinski definition) is 3. The van der Waals surface area contributed by atoms with Crippen LogP contribution < -0.4 is 4.74 Å². The normalized spacial score (nSPS) is 28.8. The van der Waals surface area contributed by atoms with E-state index in [1.54, 1.807) is 25.3 Å². The molecular formula is C19H20BrFO5. The molecule has 1 saturated heterocycles. The van der Waals surface area contributed by atoms with Gasteiger partial charge in [-0.25, -0.2) is 4.39 Å². The standard InChI is InChI=1S/C19H20BrFO5/c1-25-13-5-2-10(3-6-13)8-12-9-11(4-7-14(12)20)18-17(23)16(22)15(21)19(24)26-18/h2-7,9,15-19,22-24H,8H2,1H3/t15?,16-,17+,18-,19-/m0/s1. The van der Waals surface area contributed by atoms with Gasteiger partial charge in [-0.2, -0.15) is 0 Å². The molecule has 0 saturated carbocycles. The smallest absolute Gasteiger partial charge is 0.189 e. The van der Waals surface area contributed by atoms with Crippen molar-refractivity contribution in [2.45, 2.75) is 37.2 Å². The number of benzene rings is 2. The summed E-state index contributed by atoms with van der Waals surface area (Å²) in [5.41, 5.74) is 2.53. The van der Waals surface area contributed by atoms with Crippen molar-refractivity contribution >= 4 is 15.9 Å². The van der Waals surface area contributed by atoms with Gasteiger partial charge in [0, 0.05) is 4.47 Å². The Morgan fingerprint density at radius 3 is 2.42 bits per heavy atom. The number of hydrogen-bond acceptors (Lipinski definition) is 5. The lowest BCUT2D eigenvalue weighted by Crippen LogP contribution is -2.52. The second kappa shape index (κ2) is 8.02. The second-order valence-corrected chi connectivity index (χ2v) is 7.10. The van der Waals surface area contributed by atoms with Crippen LogP contribution in [0.4, 0.5) is 4.39 Å². The molecule has 5 nitrogen and oxygen atoms in total. The zero-order valence-electron chi connectivity index (χ0n) is 14.0. The largest absolute Gasteiger partial charge is 0.497 e. The van der Waals surface area contributed by atoms with Gasteiger partial charge in [0.05, 0.1) is 7.11 Å². The molecule has 2 aromatic carbocycles. The Hall–Kier alpha value is -1.51. The number of rotatable bonds is 4. The van der Waals surface area contributed by atoms with Crippen LogP contribution in [0.5, 0.6) is 5.75 Å². The van der Waals surface area contributed by atoms with Crippen molar-refractivity contribution in [3.8, 4) is 5.75 Å². The summed E-state index contributed by atoms with van der Waals surface area (Å²) < 4.78 is 24.8. The van der Waals surface area contributed by atoms with Crippen LogP contribution in [0.1, 0.15) is 22.8 Å². The minimum atomic E-state index is -2.05. The highest BCUT2D eigenvalue weighted by Gasteiger charge is 2.44. The van der Waals surface area contributed by atoms with Gasteiger partial charge >= 0.3 is 0 Å². The van der Waals surface area contributed by atoms with Crippen LogP contribution in [-0.4, -0.2) is 47.1 Å². The highest BCUT2D eigenvalue weighted by Crippen LogP contribution is 2.34. The summed E-state index contributed by atoms with van der Waals surface area (Å²) in [6, 6.07) is 12.9. The van der Waals surface area contributed by atoms with Gasteiger partial charge in [0.25, 0.3) is 0 Å². The van der Waals surface area contributed by atoms with E-state index in [9.17, 15) is 19.7 Å². The first-order chi connectivity index (χ1) is 12.4. The summed E-state index contributed by atoms with van der Waals surface area (Å²) in [4.78, 5) is 0. The van der Waals surface area contributed by atoms with Crippen molar-refractivity contribution in [1.82, 2.24) is 0 Å². The Morgan fingerprint density at radius 1 is 1.08 bits per heavy atom. The van der Waals surface area contributed by atoms with E-state index in [4.69, 9.17) is 9.47 Å². The van der Waals surface area contributed by atoms with E-state index >= 15 is 0 Å². The highest BCUT2D eigenvalue weighted by atomic mass is 79.9. The molecule has 7 heteroatoms. The fraction of sp³-hybridized carbons (Fsp3) is 0.368. The second-order valence-electron chi connectivity index (χ2n) is 6.25. The topological polar surface area (TPSA) is 79.2 Å². The zero-order valence-corrected chi connectivity index (χ0v) is 15.6. The molecule has 1 aliphatic rings. The molecule has 0 spiro atoms. The first kappa shape index (κ1) is 19.3. The van der Waals surface area contributed by atoms with Crippen molar-refractivity contribution < 1.29 is 29.2 Å². The fourth-order valence-corrected chi connectivity index (χ4v) is 3.37. The lowest BCUT2D eigenvalue weighted by Gasteiger charge is -2.37. The molecule has 3 N–H and O–H groups in total. The molecule has 0 amide bonds. The van der Waals surface area contributed by atoms with Crippen molar-refractivity contribution in [1.29, 1.82) is 0 Å². The van der Waals surface area contributed by atoms with Crippen LogP contribution in [0.3, 0.4) is 0 Å². The number of methoxy groups -OCH3 is 1. The minimum Gasteiger partial charge on any atom is -0.497 e. The van der Waals surface area contributed by atoms with E-state index in [0.29, 0.717) is 12.0 Å². The molecule has 140 valence electrons. The van der Waals surface area contributed by atoms with E-state index in [-0.39, 0.29) is 0 Å². The Kier molecular flexibility index (Phi) is 5.94. The maximum Gasteiger partial charge on any atom is 0.189 e. The Bertz CT molecular complexity index is 754. The SMILES string of the molecule is COc1ccc(Cc2cc([C@@H]3O[C@H](O)C(F)[C@H](O)[C@H]3O)ccc2Br)cc1.